The van der Waals surface area contributed by atoms with Crippen LogP contribution in [-0.2, 0) is 10.5 Å². The largest absolute Gasteiger partial charge is 0.468 e. The molecule has 1 aliphatic carbocycles. The summed E-state index contributed by atoms with van der Waals surface area (Å²) in [5.41, 5.74) is 1.14. The van der Waals surface area contributed by atoms with Gasteiger partial charge in [-0.15, -0.1) is 11.8 Å². The van der Waals surface area contributed by atoms with Crippen LogP contribution in [0.25, 0.3) is 0 Å². The summed E-state index contributed by atoms with van der Waals surface area (Å²) in [4.78, 5) is 30.5. The summed E-state index contributed by atoms with van der Waals surface area (Å²) in [6, 6.07) is 10.00. The number of amides is 1. The molecular formula is C23H28N2O4S. The third-order valence-corrected chi connectivity index (χ3v) is 7.14. The average Bonchev–Trinajstić information content (AvgIpc) is 3.49. The van der Waals surface area contributed by atoms with Crippen LogP contribution in [0.5, 0.6) is 0 Å². The maximum Gasteiger partial charge on any atom is 0.341 e. The van der Waals surface area contributed by atoms with Gasteiger partial charge in [0.1, 0.15) is 11.3 Å². The van der Waals surface area contributed by atoms with Gasteiger partial charge in [-0.2, -0.15) is 0 Å². The fourth-order valence-corrected chi connectivity index (χ4v) is 5.38. The van der Waals surface area contributed by atoms with E-state index < -0.39 is 5.97 Å². The molecule has 30 heavy (non-hydrogen) atoms. The number of benzene rings is 1. The third-order valence-electron chi connectivity index (χ3n) is 6.07. The monoisotopic (exact) mass is 428 g/mol. The molecule has 0 spiro atoms. The number of hydrogen-bond donors (Lipinski definition) is 0. The Bertz CT molecular complexity index is 883. The highest BCUT2D eigenvalue weighted by Gasteiger charge is 2.29. The van der Waals surface area contributed by atoms with Crippen molar-refractivity contribution in [2.45, 2.75) is 42.4 Å². The molecule has 1 amide bonds. The van der Waals surface area contributed by atoms with Crippen molar-refractivity contribution in [2.24, 2.45) is 0 Å². The molecule has 0 bridgehead atoms. The minimum absolute atomic E-state index is 0.0804. The lowest BCUT2D eigenvalue weighted by atomic mass is 10.1. The lowest BCUT2D eigenvalue weighted by molar-refractivity contribution is 0.0568. The van der Waals surface area contributed by atoms with Gasteiger partial charge in [-0.05, 0) is 31.0 Å². The molecule has 1 saturated heterocycles. The van der Waals surface area contributed by atoms with Crippen molar-refractivity contribution in [3.63, 3.8) is 0 Å². The zero-order valence-electron chi connectivity index (χ0n) is 17.3. The second kappa shape index (κ2) is 9.71. The molecule has 6 nitrogen and oxygen atoms in total. The molecule has 2 fully saturated rings. The van der Waals surface area contributed by atoms with E-state index in [1.807, 2.05) is 29.2 Å². The van der Waals surface area contributed by atoms with Crippen LogP contribution in [-0.4, -0.2) is 61.0 Å². The van der Waals surface area contributed by atoms with Crippen LogP contribution in [0.3, 0.4) is 0 Å². The summed E-state index contributed by atoms with van der Waals surface area (Å²) in [7, 11) is 1.35. The first kappa shape index (κ1) is 21.0. The first-order valence-corrected chi connectivity index (χ1v) is 11.6. The van der Waals surface area contributed by atoms with Crippen molar-refractivity contribution in [2.75, 3.05) is 33.3 Å². The molecule has 1 aromatic heterocycles. The van der Waals surface area contributed by atoms with Gasteiger partial charge in [0.2, 0.25) is 0 Å². The molecule has 0 unspecified atom stereocenters. The highest BCUT2D eigenvalue weighted by Crippen LogP contribution is 2.30. The van der Waals surface area contributed by atoms with E-state index in [0.717, 1.165) is 31.1 Å². The maximum atomic E-state index is 13.2. The number of methoxy groups -OCH3 is 1. The minimum Gasteiger partial charge on any atom is -0.468 e. The van der Waals surface area contributed by atoms with Gasteiger partial charge in [0.25, 0.3) is 5.91 Å². The van der Waals surface area contributed by atoms with E-state index in [4.69, 9.17) is 9.15 Å². The summed E-state index contributed by atoms with van der Waals surface area (Å²) >= 11 is 1.50. The summed E-state index contributed by atoms with van der Waals surface area (Å²) in [6.45, 7) is 3.47. The minimum atomic E-state index is -0.413. The lowest BCUT2D eigenvalue weighted by Crippen LogP contribution is -2.51. The van der Waals surface area contributed by atoms with Crippen molar-refractivity contribution < 1.29 is 18.7 Å². The first-order chi connectivity index (χ1) is 14.7. The van der Waals surface area contributed by atoms with Gasteiger partial charge in [0.15, 0.2) is 0 Å². The number of ether oxygens (including phenoxy) is 1. The number of piperazine rings is 1. The molecule has 0 N–H and O–H groups in total. The topological polar surface area (TPSA) is 63.0 Å². The van der Waals surface area contributed by atoms with Gasteiger partial charge in [-0.1, -0.05) is 25.0 Å². The predicted molar refractivity (Wildman–Crippen MR) is 116 cm³/mol. The molecule has 1 aliphatic heterocycles. The smallest absolute Gasteiger partial charge is 0.341 e. The van der Waals surface area contributed by atoms with Gasteiger partial charge in [0, 0.05) is 37.1 Å². The quantitative estimate of drug-likeness (QED) is 0.511. The molecule has 160 valence electrons. The molecular weight excluding hydrogens is 400 g/mol. The van der Waals surface area contributed by atoms with Crippen LogP contribution in [0.15, 0.2) is 45.9 Å². The SMILES string of the molecule is COC(=O)c1ccoc1CSc1ccccc1C(=O)N1CCN(C2CCCC2)CC1. The summed E-state index contributed by atoms with van der Waals surface area (Å²) in [5.74, 6) is 0.678. The van der Waals surface area contributed by atoms with Crippen LogP contribution in [0.2, 0.25) is 0 Å². The summed E-state index contributed by atoms with van der Waals surface area (Å²) in [5, 5.41) is 0. The highest BCUT2D eigenvalue weighted by atomic mass is 32.2. The Balaban J connectivity index is 1.40. The number of esters is 1. The summed E-state index contributed by atoms with van der Waals surface area (Å²) < 4.78 is 10.3. The van der Waals surface area contributed by atoms with Crippen molar-refractivity contribution >= 4 is 23.6 Å². The molecule has 2 aromatic rings. The summed E-state index contributed by atoms with van der Waals surface area (Å²) in [6.07, 6.45) is 6.76. The zero-order chi connectivity index (χ0) is 20.9. The van der Waals surface area contributed by atoms with E-state index in [-0.39, 0.29) is 5.91 Å². The Labute approximate surface area is 181 Å². The molecule has 1 saturated carbocycles. The maximum absolute atomic E-state index is 13.2. The molecule has 0 radical (unpaired) electrons. The normalized spacial score (nSPS) is 18.0. The van der Waals surface area contributed by atoms with Crippen molar-refractivity contribution in [1.29, 1.82) is 0 Å². The fraction of sp³-hybridized carbons (Fsp3) is 0.478. The fourth-order valence-electron chi connectivity index (χ4n) is 4.39. The highest BCUT2D eigenvalue weighted by molar-refractivity contribution is 7.98. The van der Waals surface area contributed by atoms with Crippen LogP contribution in [0.4, 0.5) is 0 Å². The Hall–Kier alpha value is -2.25. The van der Waals surface area contributed by atoms with Crippen molar-refractivity contribution in [3.8, 4) is 0 Å². The van der Waals surface area contributed by atoms with Gasteiger partial charge < -0.3 is 14.1 Å². The number of nitrogens with zero attached hydrogens (tertiary/aromatic N) is 2. The number of hydrogen-bond acceptors (Lipinski definition) is 6. The Morgan fingerprint density at radius 3 is 2.53 bits per heavy atom. The molecule has 1 aromatic carbocycles. The number of rotatable bonds is 6. The number of carbonyl (C=O) groups is 2. The van der Waals surface area contributed by atoms with Crippen LogP contribution >= 0.6 is 11.8 Å². The van der Waals surface area contributed by atoms with Gasteiger partial charge in [0.05, 0.1) is 24.7 Å². The predicted octanol–water partition coefficient (Wildman–Crippen LogP) is 4.06. The molecule has 7 heteroatoms. The Morgan fingerprint density at radius 2 is 1.80 bits per heavy atom. The van der Waals surface area contributed by atoms with Crippen LogP contribution in [0, 0.1) is 0 Å². The Morgan fingerprint density at radius 1 is 1.07 bits per heavy atom. The van der Waals surface area contributed by atoms with Crippen LogP contribution in [0.1, 0.15) is 52.2 Å². The van der Waals surface area contributed by atoms with Crippen molar-refractivity contribution in [1.82, 2.24) is 9.80 Å². The number of thioether (sulfide) groups is 1. The third kappa shape index (κ3) is 4.57. The second-order valence-corrected chi connectivity index (χ2v) is 8.82. The first-order valence-electron chi connectivity index (χ1n) is 10.6. The second-order valence-electron chi connectivity index (χ2n) is 7.80. The standard InChI is InChI=1S/C23H28N2O4S/c1-28-23(27)18-10-15-29-20(18)16-30-21-9-5-4-8-19(21)22(26)25-13-11-24(12-14-25)17-6-2-3-7-17/h4-5,8-10,15,17H,2-3,6-7,11-14,16H2,1H3. The Kier molecular flexibility index (Phi) is 6.79. The van der Waals surface area contributed by atoms with E-state index in [1.165, 1.54) is 50.8 Å². The van der Waals surface area contributed by atoms with E-state index in [0.29, 0.717) is 28.7 Å². The molecule has 0 atom stereocenters. The van der Waals surface area contributed by atoms with Gasteiger partial charge >= 0.3 is 5.97 Å². The van der Waals surface area contributed by atoms with E-state index >= 15 is 0 Å². The van der Waals surface area contributed by atoms with Gasteiger partial charge in [-0.3, -0.25) is 9.69 Å². The zero-order valence-corrected chi connectivity index (χ0v) is 18.2. The lowest BCUT2D eigenvalue weighted by Gasteiger charge is -2.38. The van der Waals surface area contributed by atoms with E-state index in [1.54, 1.807) is 6.07 Å². The van der Waals surface area contributed by atoms with E-state index in [2.05, 4.69) is 4.90 Å². The molecule has 2 heterocycles. The van der Waals surface area contributed by atoms with E-state index in [9.17, 15) is 9.59 Å². The number of furan rings is 1. The molecule has 4 rings (SSSR count). The van der Waals surface area contributed by atoms with Crippen LogP contribution < -0.4 is 0 Å². The molecule has 2 aliphatic rings. The van der Waals surface area contributed by atoms with Gasteiger partial charge in [-0.25, -0.2) is 4.79 Å². The van der Waals surface area contributed by atoms with Crippen molar-refractivity contribution in [3.05, 3.63) is 53.5 Å². The number of carbonyl (C=O) groups excluding carboxylic acids is 2. The average molecular weight is 429 g/mol.